The van der Waals surface area contributed by atoms with Crippen LogP contribution in [0.2, 0.25) is 5.02 Å². The Morgan fingerprint density at radius 3 is 2.43 bits per heavy atom. The van der Waals surface area contributed by atoms with E-state index in [4.69, 9.17) is 11.6 Å². The first-order chi connectivity index (χ1) is 13.1. The smallest absolute Gasteiger partial charge is 0.271 e. The van der Waals surface area contributed by atoms with Crippen molar-refractivity contribution in [2.45, 2.75) is 19.8 Å². The molecule has 8 nitrogen and oxygen atoms in total. The van der Waals surface area contributed by atoms with Crippen LogP contribution in [0.4, 0.5) is 17.1 Å². The third-order valence-corrected chi connectivity index (χ3v) is 5.45. The molecule has 150 valence electrons. The maximum Gasteiger partial charge on any atom is 0.271 e. The largest absolute Gasteiger partial charge is 0.325 e. The summed E-state index contributed by atoms with van der Waals surface area (Å²) in [5.74, 6) is -0.417. The number of anilines is 2. The molecule has 28 heavy (non-hydrogen) atoms. The molecule has 0 heterocycles. The van der Waals surface area contributed by atoms with Crippen LogP contribution in [0.3, 0.4) is 0 Å². The van der Waals surface area contributed by atoms with Crippen molar-refractivity contribution < 1.29 is 18.1 Å². The minimum atomic E-state index is -3.50. The molecule has 1 amide bonds. The lowest BCUT2D eigenvalue weighted by molar-refractivity contribution is -0.384. The molecule has 0 fully saturated rings. The average Bonchev–Trinajstić information content (AvgIpc) is 2.60. The predicted octanol–water partition coefficient (Wildman–Crippen LogP) is 3.74. The van der Waals surface area contributed by atoms with Crippen LogP contribution in [0.1, 0.15) is 18.4 Å². The lowest BCUT2D eigenvalue weighted by atomic mass is 10.2. The minimum absolute atomic E-state index is 0.0247. The molecule has 0 saturated heterocycles. The summed E-state index contributed by atoms with van der Waals surface area (Å²) >= 11 is 5.96. The third-order valence-electron chi connectivity index (χ3n) is 3.92. The van der Waals surface area contributed by atoms with Gasteiger partial charge in [0.1, 0.15) is 0 Å². The highest BCUT2D eigenvalue weighted by molar-refractivity contribution is 7.92. The minimum Gasteiger partial charge on any atom is -0.325 e. The van der Waals surface area contributed by atoms with Crippen molar-refractivity contribution in [1.29, 1.82) is 0 Å². The van der Waals surface area contributed by atoms with Crippen LogP contribution in [-0.4, -0.2) is 32.0 Å². The molecular formula is C18H20ClN3O5S. The number of nitro groups is 1. The lowest BCUT2D eigenvalue weighted by Crippen LogP contribution is -2.31. The fraction of sp³-hybridized carbons (Fsp3) is 0.278. The van der Waals surface area contributed by atoms with Gasteiger partial charge in [-0.15, -0.1) is 0 Å². The molecular weight excluding hydrogens is 406 g/mol. The number of nitrogens with zero attached hydrogens (tertiary/aromatic N) is 2. The fourth-order valence-electron chi connectivity index (χ4n) is 2.52. The number of hydrogen-bond donors (Lipinski definition) is 1. The number of nitro benzene ring substituents is 1. The van der Waals surface area contributed by atoms with Crippen molar-refractivity contribution in [3.63, 3.8) is 0 Å². The first-order valence-electron chi connectivity index (χ1n) is 8.36. The number of benzene rings is 2. The number of carbonyl (C=O) groups is 1. The number of nitrogens with one attached hydrogen (secondary N) is 1. The van der Waals surface area contributed by atoms with Gasteiger partial charge in [0, 0.05) is 25.1 Å². The van der Waals surface area contributed by atoms with Gasteiger partial charge in [-0.05, 0) is 31.5 Å². The van der Waals surface area contributed by atoms with E-state index in [9.17, 15) is 23.3 Å². The van der Waals surface area contributed by atoms with Gasteiger partial charge in [-0.1, -0.05) is 29.3 Å². The zero-order chi connectivity index (χ0) is 20.9. The van der Waals surface area contributed by atoms with E-state index < -0.39 is 20.9 Å². The summed E-state index contributed by atoms with van der Waals surface area (Å²) in [4.78, 5) is 22.4. The average molecular weight is 426 g/mol. The zero-order valence-electron chi connectivity index (χ0n) is 15.4. The van der Waals surface area contributed by atoms with Gasteiger partial charge in [0.2, 0.25) is 15.9 Å². The normalized spacial score (nSPS) is 11.1. The third kappa shape index (κ3) is 5.93. The Kier molecular flexibility index (Phi) is 6.98. The van der Waals surface area contributed by atoms with Crippen molar-refractivity contribution in [2.24, 2.45) is 0 Å². The van der Waals surface area contributed by atoms with Crippen molar-refractivity contribution in [2.75, 3.05) is 22.4 Å². The Morgan fingerprint density at radius 1 is 1.21 bits per heavy atom. The molecule has 0 aliphatic carbocycles. The molecule has 0 bridgehead atoms. The molecule has 2 aromatic carbocycles. The standard InChI is InChI=1S/C18H20ClN3O5S/c1-13-5-7-14(8-6-13)21(28(2,26)27)11-3-4-18(23)20-17-12-15(22(24)25)9-10-16(17)19/h5-10,12H,3-4,11H2,1-2H3,(H,20,23). The zero-order valence-corrected chi connectivity index (χ0v) is 17.0. The number of sulfonamides is 1. The summed E-state index contributed by atoms with van der Waals surface area (Å²) in [6.45, 7) is 2.02. The molecule has 1 N–H and O–H groups in total. The first kappa shape index (κ1) is 21.6. The maximum absolute atomic E-state index is 12.2. The van der Waals surface area contributed by atoms with Crippen LogP contribution in [0.25, 0.3) is 0 Å². The number of non-ortho nitro benzene ring substituents is 1. The van der Waals surface area contributed by atoms with Crippen molar-refractivity contribution in [1.82, 2.24) is 0 Å². The molecule has 0 saturated carbocycles. The van der Waals surface area contributed by atoms with Gasteiger partial charge >= 0.3 is 0 Å². The topological polar surface area (TPSA) is 110 Å². The van der Waals surface area contributed by atoms with Crippen LogP contribution in [0, 0.1) is 17.0 Å². The molecule has 2 rings (SSSR count). The van der Waals surface area contributed by atoms with Crippen LogP contribution < -0.4 is 9.62 Å². The van der Waals surface area contributed by atoms with Gasteiger partial charge in [0.25, 0.3) is 5.69 Å². The van der Waals surface area contributed by atoms with Crippen LogP contribution in [-0.2, 0) is 14.8 Å². The number of hydrogen-bond acceptors (Lipinski definition) is 5. The van der Waals surface area contributed by atoms with Gasteiger partial charge in [0.05, 0.1) is 27.6 Å². The summed E-state index contributed by atoms with van der Waals surface area (Å²) in [5.41, 5.74) is 1.47. The van der Waals surface area contributed by atoms with Crippen LogP contribution in [0.15, 0.2) is 42.5 Å². The van der Waals surface area contributed by atoms with Crippen LogP contribution in [0.5, 0.6) is 0 Å². The quantitative estimate of drug-likeness (QED) is 0.511. The van der Waals surface area contributed by atoms with E-state index in [1.54, 1.807) is 12.1 Å². The lowest BCUT2D eigenvalue weighted by Gasteiger charge is -2.22. The second-order valence-electron chi connectivity index (χ2n) is 6.24. The molecule has 0 aromatic heterocycles. The fourth-order valence-corrected chi connectivity index (χ4v) is 3.65. The number of carbonyl (C=O) groups excluding carboxylic acids is 1. The SMILES string of the molecule is Cc1ccc(N(CCCC(=O)Nc2cc([N+](=O)[O-])ccc2Cl)S(C)(=O)=O)cc1. The second kappa shape index (κ2) is 9.03. The Hall–Kier alpha value is -2.65. The van der Waals surface area contributed by atoms with E-state index in [0.717, 1.165) is 11.8 Å². The van der Waals surface area contributed by atoms with E-state index >= 15 is 0 Å². The Labute approximate surface area is 168 Å². The summed E-state index contributed by atoms with van der Waals surface area (Å²) < 4.78 is 25.4. The van der Waals surface area contributed by atoms with E-state index in [-0.39, 0.29) is 35.8 Å². The number of rotatable bonds is 8. The number of halogens is 1. The van der Waals surface area contributed by atoms with Gasteiger partial charge in [-0.3, -0.25) is 19.2 Å². The Balaban J connectivity index is 2.01. The number of aryl methyl sites for hydroxylation is 1. The molecule has 0 atom stereocenters. The van der Waals surface area contributed by atoms with Crippen molar-refractivity contribution in [3.8, 4) is 0 Å². The van der Waals surface area contributed by atoms with E-state index in [1.807, 2.05) is 19.1 Å². The summed E-state index contributed by atoms with van der Waals surface area (Å²) in [7, 11) is -3.50. The highest BCUT2D eigenvalue weighted by Crippen LogP contribution is 2.27. The van der Waals surface area contributed by atoms with Crippen molar-refractivity contribution >= 4 is 44.6 Å². The molecule has 10 heteroatoms. The molecule has 0 radical (unpaired) electrons. The molecule has 2 aromatic rings. The van der Waals surface area contributed by atoms with Crippen molar-refractivity contribution in [3.05, 3.63) is 63.2 Å². The van der Waals surface area contributed by atoms with Crippen LogP contribution >= 0.6 is 11.6 Å². The van der Waals surface area contributed by atoms with E-state index in [2.05, 4.69) is 5.32 Å². The molecule has 0 unspecified atom stereocenters. The number of amides is 1. The highest BCUT2D eigenvalue weighted by atomic mass is 35.5. The highest BCUT2D eigenvalue weighted by Gasteiger charge is 2.18. The Bertz CT molecular complexity index is 977. The summed E-state index contributed by atoms with van der Waals surface area (Å²) in [6.07, 6.45) is 1.39. The second-order valence-corrected chi connectivity index (χ2v) is 8.56. The predicted molar refractivity (Wildman–Crippen MR) is 109 cm³/mol. The molecule has 0 spiro atoms. The van der Waals surface area contributed by atoms with E-state index in [1.165, 1.54) is 22.5 Å². The Morgan fingerprint density at radius 2 is 1.86 bits per heavy atom. The summed E-state index contributed by atoms with van der Waals surface area (Å²) in [6, 6.07) is 10.8. The molecule has 0 aliphatic heterocycles. The molecule has 0 aliphatic rings. The van der Waals surface area contributed by atoms with Gasteiger partial charge in [-0.2, -0.15) is 0 Å². The summed E-state index contributed by atoms with van der Waals surface area (Å²) in [5, 5.41) is 13.5. The van der Waals surface area contributed by atoms with Gasteiger partial charge < -0.3 is 5.32 Å². The van der Waals surface area contributed by atoms with Gasteiger partial charge in [-0.25, -0.2) is 8.42 Å². The first-order valence-corrected chi connectivity index (χ1v) is 10.6. The monoisotopic (exact) mass is 425 g/mol. The van der Waals surface area contributed by atoms with E-state index in [0.29, 0.717) is 5.69 Å². The van der Waals surface area contributed by atoms with Gasteiger partial charge in [0.15, 0.2) is 0 Å². The maximum atomic E-state index is 12.2.